The Hall–Kier alpha value is -3.01. The molecule has 10 heteroatoms. The van der Waals surface area contributed by atoms with E-state index in [9.17, 15) is 18.0 Å². The van der Waals surface area contributed by atoms with Crippen molar-refractivity contribution in [1.82, 2.24) is 4.90 Å². The van der Waals surface area contributed by atoms with Crippen LogP contribution >= 0.6 is 0 Å². The molecule has 0 radical (unpaired) electrons. The zero-order valence-corrected chi connectivity index (χ0v) is 17.1. The monoisotopic (exact) mass is 438 g/mol. The molecule has 1 aromatic carbocycles. The van der Waals surface area contributed by atoms with Crippen LogP contribution in [0.4, 0.5) is 13.2 Å². The van der Waals surface area contributed by atoms with Crippen molar-refractivity contribution in [2.45, 2.75) is 38.1 Å². The molecule has 1 aromatic heterocycles. The van der Waals surface area contributed by atoms with Gasteiger partial charge in [0.05, 0.1) is 12.1 Å². The first-order chi connectivity index (χ1) is 14.7. The molecule has 168 valence electrons. The van der Waals surface area contributed by atoms with E-state index >= 15 is 0 Å². The third kappa shape index (κ3) is 5.57. The summed E-state index contributed by atoms with van der Waals surface area (Å²) in [7, 11) is 1.53. The van der Waals surface area contributed by atoms with E-state index < -0.39 is 11.7 Å². The second kappa shape index (κ2) is 9.42. The zero-order chi connectivity index (χ0) is 22.6. The summed E-state index contributed by atoms with van der Waals surface area (Å²) in [5, 5.41) is 0. The van der Waals surface area contributed by atoms with Crippen molar-refractivity contribution in [3.63, 3.8) is 0 Å². The number of amides is 1. The molecule has 1 fully saturated rings. The van der Waals surface area contributed by atoms with Gasteiger partial charge in [0.15, 0.2) is 11.7 Å². The highest BCUT2D eigenvalue weighted by molar-refractivity contribution is 5.91. The lowest BCUT2D eigenvalue weighted by Gasteiger charge is -2.33. The quantitative estimate of drug-likeness (QED) is 0.532. The molecule has 1 saturated heterocycles. The van der Waals surface area contributed by atoms with Crippen molar-refractivity contribution >= 4 is 11.9 Å². The molecule has 4 N–H and O–H groups in total. The SMILES string of the molecule is COCc1ccc(C(=O)N2CCC(c3ccc(CN=C(N)N)cc3C(F)(F)F)CC2)o1. The summed E-state index contributed by atoms with van der Waals surface area (Å²) in [6.07, 6.45) is -3.65. The number of carbonyl (C=O) groups excluding carboxylic acids is 1. The fourth-order valence-corrected chi connectivity index (χ4v) is 3.75. The van der Waals surface area contributed by atoms with Crippen molar-refractivity contribution in [3.05, 3.63) is 58.5 Å². The molecule has 0 spiro atoms. The number of benzene rings is 1. The van der Waals surface area contributed by atoms with Gasteiger partial charge in [0.1, 0.15) is 12.4 Å². The Bertz CT molecular complexity index is 944. The van der Waals surface area contributed by atoms with E-state index in [0.717, 1.165) is 6.07 Å². The third-order valence-corrected chi connectivity index (χ3v) is 5.25. The van der Waals surface area contributed by atoms with Gasteiger partial charge in [0.2, 0.25) is 0 Å². The maximum atomic E-state index is 13.7. The second-order valence-corrected chi connectivity index (χ2v) is 7.43. The van der Waals surface area contributed by atoms with Crippen molar-refractivity contribution in [2.24, 2.45) is 16.5 Å². The summed E-state index contributed by atoms with van der Waals surface area (Å²) in [6, 6.07) is 7.45. The first kappa shape index (κ1) is 22.7. The molecule has 1 aliphatic heterocycles. The number of alkyl halides is 3. The van der Waals surface area contributed by atoms with Crippen LogP contribution in [0.1, 0.15) is 51.8 Å². The van der Waals surface area contributed by atoms with E-state index in [1.54, 1.807) is 23.1 Å². The Balaban J connectivity index is 1.72. The molecule has 7 nitrogen and oxygen atoms in total. The Kier molecular flexibility index (Phi) is 6.89. The molecule has 2 heterocycles. The maximum absolute atomic E-state index is 13.7. The lowest BCUT2D eigenvalue weighted by molar-refractivity contribution is -0.138. The van der Waals surface area contributed by atoms with Crippen LogP contribution in [0.25, 0.3) is 0 Å². The number of hydrogen-bond acceptors (Lipinski definition) is 4. The second-order valence-electron chi connectivity index (χ2n) is 7.43. The van der Waals surface area contributed by atoms with Crippen molar-refractivity contribution in [3.8, 4) is 0 Å². The first-order valence-corrected chi connectivity index (χ1v) is 9.81. The molecular weight excluding hydrogens is 413 g/mol. The Morgan fingerprint density at radius 2 is 1.94 bits per heavy atom. The summed E-state index contributed by atoms with van der Waals surface area (Å²) < 4.78 is 51.6. The topological polar surface area (TPSA) is 107 Å². The summed E-state index contributed by atoms with van der Waals surface area (Å²) in [4.78, 5) is 18.0. The Morgan fingerprint density at radius 1 is 1.23 bits per heavy atom. The number of aliphatic imine (C=N–C) groups is 1. The van der Waals surface area contributed by atoms with Gasteiger partial charge in [-0.1, -0.05) is 12.1 Å². The van der Waals surface area contributed by atoms with Crippen LogP contribution in [-0.4, -0.2) is 37.0 Å². The van der Waals surface area contributed by atoms with E-state index in [0.29, 0.717) is 37.3 Å². The molecule has 31 heavy (non-hydrogen) atoms. The summed E-state index contributed by atoms with van der Waals surface area (Å²) >= 11 is 0. The van der Waals surface area contributed by atoms with Crippen molar-refractivity contribution in [1.29, 1.82) is 0 Å². The molecule has 0 bridgehead atoms. The van der Waals surface area contributed by atoms with Gasteiger partial charge in [-0.3, -0.25) is 4.79 Å². The van der Waals surface area contributed by atoms with E-state index in [1.165, 1.54) is 13.2 Å². The number of ether oxygens (including phenoxy) is 1. The number of furan rings is 1. The molecular formula is C21H25F3N4O3. The highest BCUT2D eigenvalue weighted by atomic mass is 19.4. The summed E-state index contributed by atoms with van der Waals surface area (Å²) in [5.41, 5.74) is 10.5. The molecule has 1 aliphatic rings. The largest absolute Gasteiger partial charge is 0.453 e. The number of nitrogens with zero attached hydrogens (tertiary/aromatic N) is 2. The van der Waals surface area contributed by atoms with E-state index in [4.69, 9.17) is 20.6 Å². The lowest BCUT2D eigenvalue weighted by atomic mass is 9.85. The van der Waals surface area contributed by atoms with Gasteiger partial charge < -0.3 is 25.5 Å². The van der Waals surface area contributed by atoms with Gasteiger partial charge in [-0.15, -0.1) is 0 Å². The number of methoxy groups -OCH3 is 1. The predicted molar refractivity (Wildman–Crippen MR) is 108 cm³/mol. The van der Waals surface area contributed by atoms with Crippen LogP contribution in [0.2, 0.25) is 0 Å². The number of piperidine rings is 1. The minimum Gasteiger partial charge on any atom is -0.453 e. The fourth-order valence-electron chi connectivity index (χ4n) is 3.75. The molecule has 0 saturated carbocycles. The van der Waals surface area contributed by atoms with Gasteiger partial charge in [-0.05, 0) is 48.1 Å². The highest BCUT2D eigenvalue weighted by Crippen LogP contribution is 2.39. The Labute approximate surface area is 177 Å². The van der Waals surface area contributed by atoms with Crippen LogP contribution in [0.15, 0.2) is 39.7 Å². The zero-order valence-electron chi connectivity index (χ0n) is 17.1. The maximum Gasteiger partial charge on any atom is 0.416 e. The molecule has 0 aliphatic carbocycles. The van der Waals surface area contributed by atoms with Gasteiger partial charge in [-0.2, -0.15) is 13.2 Å². The number of halogens is 3. The fraction of sp³-hybridized carbons (Fsp3) is 0.429. The van der Waals surface area contributed by atoms with E-state index in [-0.39, 0.29) is 42.3 Å². The van der Waals surface area contributed by atoms with Crippen molar-refractivity contribution < 1.29 is 27.1 Å². The summed E-state index contributed by atoms with van der Waals surface area (Å²) in [5.74, 6) is -0.0228. The Morgan fingerprint density at radius 3 is 2.55 bits per heavy atom. The first-order valence-electron chi connectivity index (χ1n) is 9.81. The van der Waals surface area contributed by atoms with Gasteiger partial charge in [0.25, 0.3) is 5.91 Å². The molecule has 1 amide bonds. The number of nitrogens with two attached hydrogens (primary N) is 2. The minimum absolute atomic E-state index is 0.0210. The van der Waals surface area contributed by atoms with E-state index in [1.807, 2.05) is 0 Å². The average Bonchev–Trinajstić information content (AvgIpc) is 3.20. The number of rotatable bonds is 6. The van der Waals surface area contributed by atoms with Crippen LogP contribution in [-0.2, 0) is 24.1 Å². The third-order valence-electron chi connectivity index (χ3n) is 5.25. The smallest absolute Gasteiger partial charge is 0.416 e. The van der Waals surface area contributed by atoms with Gasteiger partial charge in [-0.25, -0.2) is 4.99 Å². The lowest BCUT2D eigenvalue weighted by Crippen LogP contribution is -2.38. The number of hydrogen-bond donors (Lipinski definition) is 2. The van der Waals surface area contributed by atoms with Crippen LogP contribution in [0.5, 0.6) is 0 Å². The summed E-state index contributed by atoms with van der Waals surface area (Å²) in [6.45, 7) is 0.926. The molecule has 0 unspecified atom stereocenters. The van der Waals surface area contributed by atoms with Crippen LogP contribution < -0.4 is 11.5 Å². The molecule has 3 rings (SSSR count). The van der Waals surface area contributed by atoms with Crippen LogP contribution in [0, 0.1) is 0 Å². The molecule has 0 atom stereocenters. The minimum atomic E-state index is -4.50. The van der Waals surface area contributed by atoms with Gasteiger partial charge in [0, 0.05) is 20.2 Å². The predicted octanol–water partition coefficient (Wildman–Crippen LogP) is 3.24. The van der Waals surface area contributed by atoms with E-state index in [2.05, 4.69) is 4.99 Å². The standard InChI is InChI=1S/C21H25F3N4O3/c1-30-12-15-3-5-18(31-15)19(29)28-8-6-14(7-9-28)16-4-2-13(11-27-20(25)26)10-17(16)21(22,23)24/h2-5,10,14H,6-9,11-12H2,1H3,(H4,25,26,27). The highest BCUT2D eigenvalue weighted by Gasteiger charge is 2.37. The normalized spacial score (nSPS) is 15.2. The number of carbonyl (C=O) groups is 1. The number of guanidine groups is 1. The van der Waals surface area contributed by atoms with Gasteiger partial charge >= 0.3 is 6.18 Å². The average molecular weight is 438 g/mol. The molecule has 2 aromatic rings. The van der Waals surface area contributed by atoms with Crippen LogP contribution in [0.3, 0.4) is 0 Å². The van der Waals surface area contributed by atoms with Crippen molar-refractivity contribution in [2.75, 3.05) is 20.2 Å². The number of likely N-dealkylation sites (tertiary alicyclic amines) is 1.